The molecule has 0 unspecified atom stereocenters. The molecule has 180 valence electrons. The molecule has 0 bridgehead atoms. The minimum absolute atomic E-state index is 0.141. The number of aromatic carboxylic acids is 1. The van der Waals surface area contributed by atoms with Gasteiger partial charge in [-0.25, -0.2) is 4.79 Å². The number of benzene rings is 4. The summed E-state index contributed by atoms with van der Waals surface area (Å²) in [7, 11) is 0. The Bertz CT molecular complexity index is 1380. The van der Waals surface area contributed by atoms with Gasteiger partial charge < -0.3 is 20.1 Å². The zero-order chi connectivity index (χ0) is 24.9. The first-order chi connectivity index (χ1) is 17.6. The molecule has 1 amide bonds. The Morgan fingerprint density at radius 2 is 1.58 bits per heavy atom. The third kappa shape index (κ3) is 5.08. The van der Waals surface area contributed by atoms with Gasteiger partial charge in [0.2, 0.25) is 0 Å². The molecule has 0 spiro atoms. The second kappa shape index (κ2) is 10.4. The number of nitrogens with zero attached hydrogens (tertiary/aromatic N) is 1. The fraction of sp³-hybridized carbons (Fsp3) is 0.133. The van der Waals surface area contributed by atoms with Gasteiger partial charge >= 0.3 is 5.97 Å². The summed E-state index contributed by atoms with van der Waals surface area (Å²) < 4.78 is 5.92. The Hall–Kier alpha value is -4.58. The van der Waals surface area contributed by atoms with Gasteiger partial charge in [0.15, 0.2) is 0 Å². The smallest absolute Gasteiger partial charge is 0.335 e. The van der Waals surface area contributed by atoms with E-state index in [0.29, 0.717) is 31.0 Å². The van der Waals surface area contributed by atoms with Crippen LogP contribution in [-0.4, -0.2) is 30.1 Å². The number of amides is 1. The van der Waals surface area contributed by atoms with Crippen molar-refractivity contribution in [2.45, 2.75) is 13.1 Å². The lowest BCUT2D eigenvalue weighted by Gasteiger charge is -2.32. The van der Waals surface area contributed by atoms with Gasteiger partial charge in [-0.15, -0.1) is 0 Å². The van der Waals surface area contributed by atoms with Crippen LogP contribution in [0.1, 0.15) is 31.8 Å². The summed E-state index contributed by atoms with van der Waals surface area (Å²) in [5.41, 5.74) is 5.96. The maximum Gasteiger partial charge on any atom is 0.335 e. The number of hydrogen-bond acceptors (Lipinski definition) is 4. The normalized spacial score (nSPS) is 12.4. The molecule has 0 saturated heterocycles. The first-order valence-corrected chi connectivity index (χ1v) is 11.8. The molecule has 0 atom stereocenters. The zero-order valence-corrected chi connectivity index (χ0v) is 19.7. The first-order valence-electron chi connectivity index (χ1n) is 11.8. The second-order valence-corrected chi connectivity index (χ2v) is 8.66. The number of carboxylic acid groups (broad SMARTS) is 1. The van der Waals surface area contributed by atoms with Crippen LogP contribution in [0.5, 0.6) is 5.75 Å². The lowest BCUT2D eigenvalue weighted by molar-refractivity contribution is 0.0696. The average molecular weight is 479 g/mol. The van der Waals surface area contributed by atoms with Gasteiger partial charge in [0, 0.05) is 18.7 Å². The molecular weight excluding hydrogens is 452 g/mol. The predicted octanol–water partition coefficient (Wildman–Crippen LogP) is 5.38. The molecule has 4 aromatic rings. The summed E-state index contributed by atoms with van der Waals surface area (Å²) in [6.45, 7) is 2.37. The van der Waals surface area contributed by atoms with Crippen molar-refractivity contribution in [3.05, 3.63) is 119 Å². The molecule has 1 aliphatic heterocycles. The molecule has 1 heterocycles. The number of carboxylic acids is 1. The van der Waals surface area contributed by atoms with Crippen LogP contribution in [0.25, 0.3) is 11.1 Å². The van der Waals surface area contributed by atoms with Crippen LogP contribution in [0.15, 0.2) is 97.1 Å². The van der Waals surface area contributed by atoms with Crippen LogP contribution in [-0.2, 0) is 13.1 Å². The molecule has 5 rings (SSSR count). The number of anilines is 1. The molecule has 6 heteroatoms. The highest BCUT2D eigenvalue weighted by Gasteiger charge is 2.21. The van der Waals surface area contributed by atoms with Gasteiger partial charge in [0.25, 0.3) is 5.91 Å². The summed E-state index contributed by atoms with van der Waals surface area (Å²) in [5.74, 6) is -0.387. The van der Waals surface area contributed by atoms with Crippen molar-refractivity contribution in [2.75, 3.05) is 18.1 Å². The minimum Gasteiger partial charge on any atom is -0.490 e. The lowest BCUT2D eigenvalue weighted by atomic mass is 9.98. The maximum absolute atomic E-state index is 12.7. The van der Waals surface area contributed by atoms with Crippen LogP contribution in [0, 0.1) is 0 Å². The van der Waals surface area contributed by atoms with E-state index in [1.54, 1.807) is 18.2 Å². The van der Waals surface area contributed by atoms with Crippen molar-refractivity contribution in [1.82, 2.24) is 5.32 Å². The minimum atomic E-state index is -0.937. The zero-order valence-electron chi connectivity index (χ0n) is 19.7. The first kappa shape index (κ1) is 23.2. The van der Waals surface area contributed by atoms with Crippen LogP contribution in [0.4, 0.5) is 5.69 Å². The summed E-state index contributed by atoms with van der Waals surface area (Å²) >= 11 is 0. The SMILES string of the molecule is O=C(O)c1ccc(-c2ccccc2CN2CCOc3cc(C(=O)NCc4ccccc4)ccc32)cc1. The molecule has 0 radical (unpaired) electrons. The van der Waals surface area contributed by atoms with E-state index in [-0.39, 0.29) is 11.5 Å². The van der Waals surface area contributed by atoms with Crippen LogP contribution < -0.4 is 15.0 Å². The van der Waals surface area contributed by atoms with Crippen molar-refractivity contribution in [1.29, 1.82) is 0 Å². The standard InChI is InChI=1S/C30H26N2O4/c33-29(31-19-21-6-2-1-3-7-21)24-14-15-27-28(18-24)36-17-16-32(27)20-25-8-4-5-9-26(25)22-10-12-23(13-11-22)30(34)35/h1-15,18H,16-17,19-20H2,(H,31,33)(H,34,35). The monoisotopic (exact) mass is 478 g/mol. The summed E-state index contributed by atoms with van der Waals surface area (Å²) in [4.78, 5) is 26.2. The topological polar surface area (TPSA) is 78.9 Å². The fourth-order valence-electron chi connectivity index (χ4n) is 4.40. The predicted molar refractivity (Wildman–Crippen MR) is 139 cm³/mol. The largest absolute Gasteiger partial charge is 0.490 e. The van der Waals surface area contributed by atoms with Crippen molar-refractivity contribution < 1.29 is 19.4 Å². The van der Waals surface area contributed by atoms with Crippen molar-refractivity contribution in [3.63, 3.8) is 0 Å². The molecule has 6 nitrogen and oxygen atoms in total. The van der Waals surface area contributed by atoms with Crippen molar-refractivity contribution in [3.8, 4) is 16.9 Å². The number of nitrogens with one attached hydrogen (secondary N) is 1. The van der Waals surface area contributed by atoms with Crippen LogP contribution in [0.2, 0.25) is 0 Å². The summed E-state index contributed by atoms with van der Waals surface area (Å²) in [6, 6.07) is 30.4. The van der Waals surface area contributed by atoms with E-state index in [1.807, 2.05) is 72.8 Å². The third-order valence-electron chi connectivity index (χ3n) is 6.30. The van der Waals surface area contributed by atoms with E-state index < -0.39 is 5.97 Å². The molecule has 2 N–H and O–H groups in total. The van der Waals surface area contributed by atoms with Gasteiger partial charge in [0.1, 0.15) is 12.4 Å². The molecule has 0 aliphatic carbocycles. The molecule has 0 aromatic heterocycles. The number of rotatable bonds is 7. The van der Waals surface area contributed by atoms with Crippen LogP contribution in [0.3, 0.4) is 0 Å². The van der Waals surface area contributed by atoms with Crippen LogP contribution >= 0.6 is 0 Å². The third-order valence-corrected chi connectivity index (χ3v) is 6.30. The van der Waals surface area contributed by atoms with Gasteiger partial charge in [-0.1, -0.05) is 66.7 Å². The summed E-state index contributed by atoms with van der Waals surface area (Å²) in [5, 5.41) is 12.2. The molecule has 0 saturated carbocycles. The highest BCUT2D eigenvalue weighted by molar-refractivity contribution is 5.95. The summed E-state index contributed by atoms with van der Waals surface area (Å²) in [6.07, 6.45) is 0. The van der Waals surface area contributed by atoms with Gasteiger partial charge in [-0.2, -0.15) is 0 Å². The average Bonchev–Trinajstić information content (AvgIpc) is 2.92. The van der Waals surface area contributed by atoms with E-state index >= 15 is 0 Å². The number of hydrogen-bond donors (Lipinski definition) is 2. The Kier molecular flexibility index (Phi) is 6.67. The number of ether oxygens (including phenoxy) is 1. The second-order valence-electron chi connectivity index (χ2n) is 8.66. The Morgan fingerprint density at radius 1 is 0.861 bits per heavy atom. The molecule has 4 aromatic carbocycles. The van der Waals surface area contributed by atoms with E-state index in [0.717, 1.165) is 34.5 Å². The molecule has 36 heavy (non-hydrogen) atoms. The Labute approximate surface area is 209 Å². The van der Waals surface area contributed by atoms with E-state index in [4.69, 9.17) is 4.74 Å². The maximum atomic E-state index is 12.7. The molecule has 1 aliphatic rings. The van der Waals surface area contributed by atoms with E-state index in [1.165, 1.54) is 0 Å². The number of carbonyl (C=O) groups is 2. The lowest BCUT2D eigenvalue weighted by Crippen LogP contribution is -2.32. The van der Waals surface area contributed by atoms with E-state index in [9.17, 15) is 14.7 Å². The highest BCUT2D eigenvalue weighted by atomic mass is 16.5. The van der Waals surface area contributed by atoms with Gasteiger partial charge in [0.05, 0.1) is 17.8 Å². The number of fused-ring (bicyclic) bond motifs is 1. The molecular formula is C30H26N2O4. The van der Waals surface area contributed by atoms with Gasteiger partial charge in [-0.3, -0.25) is 4.79 Å². The Morgan fingerprint density at radius 3 is 2.36 bits per heavy atom. The van der Waals surface area contributed by atoms with Gasteiger partial charge in [-0.05, 0) is 52.6 Å². The Balaban J connectivity index is 1.34. The van der Waals surface area contributed by atoms with Crippen molar-refractivity contribution in [2.24, 2.45) is 0 Å². The highest BCUT2D eigenvalue weighted by Crippen LogP contribution is 2.35. The van der Waals surface area contributed by atoms with Crippen molar-refractivity contribution >= 4 is 17.6 Å². The fourth-order valence-corrected chi connectivity index (χ4v) is 4.40. The van der Waals surface area contributed by atoms with E-state index in [2.05, 4.69) is 16.3 Å². The quantitative estimate of drug-likeness (QED) is 0.373. The molecule has 0 fully saturated rings. The number of carbonyl (C=O) groups excluding carboxylic acids is 1.